The van der Waals surface area contributed by atoms with Crippen LogP contribution >= 0.6 is 0 Å². The highest BCUT2D eigenvalue weighted by Gasteiger charge is 2.35. The van der Waals surface area contributed by atoms with E-state index in [2.05, 4.69) is 5.32 Å². The number of carbonyl (C=O) groups is 2. The van der Waals surface area contributed by atoms with Crippen molar-refractivity contribution in [3.8, 4) is 5.75 Å². The number of aromatic hydroxyl groups is 1. The van der Waals surface area contributed by atoms with E-state index in [9.17, 15) is 14.7 Å². The summed E-state index contributed by atoms with van der Waals surface area (Å²) in [6.45, 7) is 4.22. The number of phenols is 1. The minimum Gasteiger partial charge on any atom is -0.508 e. The second kappa shape index (κ2) is 6.97. The molecule has 1 atom stereocenters. The average Bonchev–Trinajstić information content (AvgIpc) is 2.94. The maximum Gasteiger partial charge on any atom is 0.247 e. The van der Waals surface area contributed by atoms with Crippen LogP contribution in [0.5, 0.6) is 5.75 Å². The van der Waals surface area contributed by atoms with Gasteiger partial charge in [-0.25, -0.2) is 0 Å². The van der Waals surface area contributed by atoms with Crippen LogP contribution in [-0.4, -0.2) is 27.9 Å². The average molecular weight is 338 g/mol. The van der Waals surface area contributed by atoms with E-state index >= 15 is 0 Å². The quantitative estimate of drug-likeness (QED) is 0.842. The summed E-state index contributed by atoms with van der Waals surface area (Å²) in [6, 6.07) is 12.4. The van der Waals surface area contributed by atoms with Crippen LogP contribution in [0.15, 0.2) is 42.5 Å². The van der Waals surface area contributed by atoms with E-state index < -0.39 is 6.04 Å². The van der Waals surface area contributed by atoms with Crippen LogP contribution in [0.2, 0.25) is 0 Å². The molecule has 1 aliphatic rings. The summed E-state index contributed by atoms with van der Waals surface area (Å²) in [6.07, 6.45) is 0.909. The van der Waals surface area contributed by atoms with E-state index in [0.717, 1.165) is 11.1 Å². The Bertz CT molecular complexity index is 799. The van der Waals surface area contributed by atoms with Gasteiger partial charge in [0.2, 0.25) is 11.8 Å². The number of hydrogen-bond acceptors (Lipinski definition) is 3. The van der Waals surface area contributed by atoms with Gasteiger partial charge in [0.05, 0.1) is 0 Å². The molecule has 0 unspecified atom stereocenters. The SMILES string of the molecule is Cc1ccc(CN2C(=O)CC[C@H]2C(=O)Nc2ccc(O)c(C)c2)cc1. The first kappa shape index (κ1) is 17.0. The number of phenolic OH excluding ortho intramolecular Hbond substituents is 1. The Labute approximate surface area is 147 Å². The molecule has 0 bridgehead atoms. The third kappa shape index (κ3) is 3.82. The topological polar surface area (TPSA) is 69.6 Å². The molecule has 3 rings (SSSR count). The number of nitrogens with one attached hydrogen (secondary N) is 1. The van der Waals surface area contributed by atoms with Gasteiger partial charge in [0.15, 0.2) is 0 Å². The fraction of sp³-hybridized carbons (Fsp3) is 0.300. The smallest absolute Gasteiger partial charge is 0.247 e. The third-order valence-electron chi connectivity index (χ3n) is 4.57. The monoisotopic (exact) mass is 338 g/mol. The van der Waals surface area contributed by atoms with Gasteiger partial charge in [0, 0.05) is 18.7 Å². The molecule has 1 aliphatic heterocycles. The van der Waals surface area contributed by atoms with Gasteiger partial charge in [0.25, 0.3) is 0 Å². The zero-order valence-corrected chi connectivity index (χ0v) is 14.5. The zero-order valence-electron chi connectivity index (χ0n) is 14.5. The predicted octanol–water partition coefficient (Wildman–Crippen LogP) is 3.14. The molecule has 0 spiro atoms. The van der Waals surface area contributed by atoms with Crippen molar-refractivity contribution in [3.63, 3.8) is 0 Å². The van der Waals surface area contributed by atoms with Crippen molar-refractivity contribution in [1.82, 2.24) is 4.90 Å². The van der Waals surface area contributed by atoms with E-state index in [-0.39, 0.29) is 17.6 Å². The fourth-order valence-corrected chi connectivity index (χ4v) is 3.05. The van der Waals surface area contributed by atoms with Crippen molar-refractivity contribution >= 4 is 17.5 Å². The number of aryl methyl sites for hydroxylation is 2. The molecule has 2 amide bonds. The zero-order chi connectivity index (χ0) is 18.0. The van der Waals surface area contributed by atoms with Gasteiger partial charge in [-0.15, -0.1) is 0 Å². The Morgan fingerprint density at radius 2 is 1.92 bits per heavy atom. The molecule has 1 saturated heterocycles. The lowest BCUT2D eigenvalue weighted by atomic mass is 10.1. The van der Waals surface area contributed by atoms with Crippen LogP contribution in [0.1, 0.15) is 29.5 Å². The predicted molar refractivity (Wildman–Crippen MR) is 96.2 cm³/mol. The Balaban J connectivity index is 1.72. The highest BCUT2D eigenvalue weighted by molar-refractivity contribution is 5.99. The normalized spacial score (nSPS) is 17.0. The highest BCUT2D eigenvalue weighted by Crippen LogP contribution is 2.25. The van der Waals surface area contributed by atoms with Crippen molar-refractivity contribution in [2.75, 3.05) is 5.32 Å². The molecular formula is C20H22N2O3. The van der Waals surface area contributed by atoms with Gasteiger partial charge in [-0.3, -0.25) is 9.59 Å². The first-order valence-electron chi connectivity index (χ1n) is 8.39. The summed E-state index contributed by atoms with van der Waals surface area (Å²) in [5, 5.41) is 12.4. The number of carbonyl (C=O) groups excluding carboxylic acids is 2. The van der Waals surface area contributed by atoms with Crippen molar-refractivity contribution < 1.29 is 14.7 Å². The minimum absolute atomic E-state index is 0.00242. The molecule has 2 aromatic carbocycles. The number of amides is 2. The molecule has 0 radical (unpaired) electrons. The number of anilines is 1. The first-order valence-corrected chi connectivity index (χ1v) is 8.39. The molecule has 0 aromatic heterocycles. The summed E-state index contributed by atoms with van der Waals surface area (Å²) in [7, 11) is 0. The summed E-state index contributed by atoms with van der Waals surface area (Å²) in [5.41, 5.74) is 3.49. The molecule has 5 nitrogen and oxygen atoms in total. The lowest BCUT2D eigenvalue weighted by molar-refractivity contribution is -0.133. The second-order valence-corrected chi connectivity index (χ2v) is 6.55. The molecule has 5 heteroatoms. The van der Waals surface area contributed by atoms with Gasteiger partial charge in [0.1, 0.15) is 11.8 Å². The molecule has 25 heavy (non-hydrogen) atoms. The van der Waals surface area contributed by atoms with E-state index in [1.165, 1.54) is 0 Å². The van der Waals surface area contributed by atoms with E-state index in [1.807, 2.05) is 31.2 Å². The van der Waals surface area contributed by atoms with Crippen LogP contribution in [0.4, 0.5) is 5.69 Å². The van der Waals surface area contributed by atoms with E-state index in [0.29, 0.717) is 30.6 Å². The number of benzene rings is 2. The third-order valence-corrected chi connectivity index (χ3v) is 4.57. The van der Waals surface area contributed by atoms with Crippen LogP contribution in [0.3, 0.4) is 0 Å². The highest BCUT2D eigenvalue weighted by atomic mass is 16.3. The molecular weight excluding hydrogens is 316 g/mol. The minimum atomic E-state index is -0.470. The van der Waals surface area contributed by atoms with Crippen molar-refractivity contribution in [3.05, 3.63) is 59.2 Å². The molecule has 0 aliphatic carbocycles. The summed E-state index contributed by atoms with van der Waals surface area (Å²) < 4.78 is 0. The number of likely N-dealkylation sites (tertiary alicyclic amines) is 1. The van der Waals surface area contributed by atoms with Crippen LogP contribution in [-0.2, 0) is 16.1 Å². The molecule has 2 aromatic rings. The number of rotatable bonds is 4. The van der Waals surface area contributed by atoms with E-state index in [1.54, 1.807) is 30.0 Å². The Morgan fingerprint density at radius 1 is 1.20 bits per heavy atom. The molecule has 1 heterocycles. The fourth-order valence-electron chi connectivity index (χ4n) is 3.05. The van der Waals surface area contributed by atoms with Crippen LogP contribution < -0.4 is 5.32 Å². The van der Waals surface area contributed by atoms with Crippen LogP contribution in [0, 0.1) is 13.8 Å². The number of hydrogen-bond donors (Lipinski definition) is 2. The summed E-state index contributed by atoms with van der Waals surface area (Å²) in [4.78, 5) is 26.5. The Hall–Kier alpha value is -2.82. The van der Waals surface area contributed by atoms with Gasteiger partial charge in [-0.05, 0) is 49.6 Å². The molecule has 130 valence electrons. The van der Waals surface area contributed by atoms with Gasteiger partial charge in [-0.2, -0.15) is 0 Å². The van der Waals surface area contributed by atoms with Gasteiger partial charge in [-0.1, -0.05) is 29.8 Å². The number of nitrogens with zero attached hydrogens (tertiary/aromatic N) is 1. The lowest BCUT2D eigenvalue weighted by Crippen LogP contribution is -2.41. The van der Waals surface area contributed by atoms with Gasteiger partial charge < -0.3 is 15.3 Å². The van der Waals surface area contributed by atoms with Crippen molar-refractivity contribution in [2.24, 2.45) is 0 Å². The van der Waals surface area contributed by atoms with Crippen molar-refractivity contribution in [1.29, 1.82) is 0 Å². The van der Waals surface area contributed by atoms with Crippen LogP contribution in [0.25, 0.3) is 0 Å². The van der Waals surface area contributed by atoms with E-state index in [4.69, 9.17) is 0 Å². The molecule has 1 fully saturated rings. The molecule has 0 saturated carbocycles. The van der Waals surface area contributed by atoms with Gasteiger partial charge >= 0.3 is 0 Å². The lowest BCUT2D eigenvalue weighted by Gasteiger charge is -2.24. The second-order valence-electron chi connectivity index (χ2n) is 6.55. The standard InChI is InChI=1S/C20H22N2O3/c1-13-3-5-15(6-4-13)12-22-17(8-10-19(22)24)20(25)21-16-7-9-18(23)14(2)11-16/h3-7,9,11,17,23H,8,10,12H2,1-2H3,(H,21,25)/t17-/m0/s1. The Morgan fingerprint density at radius 3 is 2.60 bits per heavy atom. The molecule has 2 N–H and O–H groups in total. The summed E-state index contributed by atoms with van der Waals surface area (Å²) >= 11 is 0. The maximum atomic E-state index is 12.6. The van der Waals surface area contributed by atoms with Crippen molar-refractivity contribution in [2.45, 2.75) is 39.3 Å². The maximum absolute atomic E-state index is 12.6. The summed E-state index contributed by atoms with van der Waals surface area (Å²) in [5.74, 6) is 0.000652. The first-order chi connectivity index (χ1) is 11.9. The largest absolute Gasteiger partial charge is 0.508 e. The Kier molecular flexibility index (Phi) is 4.74.